The van der Waals surface area contributed by atoms with Crippen LogP contribution in [-0.2, 0) is 5.41 Å². The number of aromatic nitrogens is 5. The number of carbonyl (C=O) groups excluding carboxylic acids is 1. The van der Waals surface area contributed by atoms with E-state index >= 15 is 0 Å². The molecule has 0 aliphatic heterocycles. The number of anilines is 1. The molecule has 0 atom stereocenters. The average molecular weight is 433 g/mol. The largest absolute Gasteiger partial charge is 0.297 e. The summed E-state index contributed by atoms with van der Waals surface area (Å²) in [5.74, 6) is 0.226. The molecule has 158 valence electrons. The van der Waals surface area contributed by atoms with Gasteiger partial charge < -0.3 is 0 Å². The summed E-state index contributed by atoms with van der Waals surface area (Å²) in [4.78, 5) is 17.1. The summed E-state index contributed by atoms with van der Waals surface area (Å²) in [5, 5.41) is 11.8. The second-order valence-corrected chi connectivity index (χ2v) is 9.18. The molecule has 0 aliphatic carbocycles. The van der Waals surface area contributed by atoms with Crippen LogP contribution in [0.4, 0.5) is 5.13 Å². The fraction of sp³-hybridized carbons (Fsp3) is 0.261. The molecule has 0 fully saturated rings. The van der Waals surface area contributed by atoms with E-state index in [1.165, 1.54) is 5.56 Å². The van der Waals surface area contributed by atoms with Crippen molar-refractivity contribution in [3.63, 3.8) is 0 Å². The van der Waals surface area contributed by atoms with Crippen LogP contribution in [0.5, 0.6) is 0 Å². The van der Waals surface area contributed by atoms with Crippen molar-refractivity contribution in [2.45, 2.75) is 40.0 Å². The van der Waals surface area contributed by atoms with Crippen LogP contribution in [0, 0.1) is 13.8 Å². The quantitative estimate of drug-likeness (QED) is 0.493. The average Bonchev–Trinajstić information content (AvgIpc) is 3.34. The van der Waals surface area contributed by atoms with Crippen molar-refractivity contribution in [3.05, 3.63) is 70.9 Å². The molecule has 31 heavy (non-hydrogen) atoms. The first-order valence-corrected chi connectivity index (χ1v) is 10.8. The Bertz CT molecular complexity index is 1230. The van der Waals surface area contributed by atoms with Gasteiger partial charge in [0.25, 0.3) is 5.91 Å². The highest BCUT2D eigenvalue weighted by Gasteiger charge is 2.19. The topological polar surface area (TPSA) is 85.6 Å². The highest BCUT2D eigenvalue weighted by Crippen LogP contribution is 2.26. The molecule has 4 rings (SSSR count). The summed E-state index contributed by atoms with van der Waals surface area (Å²) in [5.41, 5.74) is 5.27. The zero-order valence-electron chi connectivity index (χ0n) is 18.2. The van der Waals surface area contributed by atoms with E-state index in [2.05, 4.69) is 45.8 Å². The van der Waals surface area contributed by atoms with E-state index in [4.69, 9.17) is 0 Å². The Kier molecular flexibility index (Phi) is 5.41. The number of nitrogens with one attached hydrogen (secondary N) is 1. The van der Waals surface area contributed by atoms with Gasteiger partial charge in [-0.1, -0.05) is 56.3 Å². The van der Waals surface area contributed by atoms with E-state index in [1.54, 1.807) is 4.68 Å². The Hall–Kier alpha value is -3.39. The first-order valence-electron chi connectivity index (χ1n) is 9.98. The predicted molar refractivity (Wildman–Crippen MR) is 123 cm³/mol. The van der Waals surface area contributed by atoms with Crippen molar-refractivity contribution in [2.75, 3.05) is 5.32 Å². The van der Waals surface area contributed by atoms with Crippen LogP contribution in [0.25, 0.3) is 17.2 Å². The maximum Gasteiger partial charge on any atom is 0.257 e. The fourth-order valence-corrected chi connectivity index (χ4v) is 3.79. The van der Waals surface area contributed by atoms with Gasteiger partial charge in [-0.15, -0.1) is 5.10 Å². The third kappa shape index (κ3) is 4.25. The summed E-state index contributed by atoms with van der Waals surface area (Å²) in [6.07, 6.45) is 0. The van der Waals surface area contributed by atoms with Gasteiger partial charge in [-0.3, -0.25) is 10.1 Å². The predicted octanol–water partition coefficient (Wildman–Crippen LogP) is 4.95. The van der Waals surface area contributed by atoms with E-state index in [-0.39, 0.29) is 11.3 Å². The van der Waals surface area contributed by atoms with E-state index in [1.807, 2.05) is 62.4 Å². The van der Waals surface area contributed by atoms with Crippen molar-refractivity contribution in [1.29, 1.82) is 0 Å². The lowest BCUT2D eigenvalue weighted by Gasteiger charge is -2.18. The van der Waals surface area contributed by atoms with Gasteiger partial charge in [0, 0.05) is 17.1 Å². The number of benzene rings is 2. The van der Waals surface area contributed by atoms with Gasteiger partial charge in [0.05, 0.1) is 11.4 Å². The van der Waals surface area contributed by atoms with Crippen molar-refractivity contribution in [3.8, 4) is 17.2 Å². The SMILES string of the molecule is Cc1ccccc1-n1nnc(-c2nsc(NC(=O)c3ccc(C(C)(C)C)cc3)n2)c1C. The third-order valence-corrected chi connectivity index (χ3v) is 5.74. The number of aryl methyl sites for hydroxylation is 1. The maximum absolute atomic E-state index is 12.6. The van der Waals surface area contributed by atoms with Crippen LogP contribution in [-0.4, -0.2) is 30.3 Å². The number of hydrogen-bond donors (Lipinski definition) is 1. The molecule has 0 spiro atoms. The smallest absolute Gasteiger partial charge is 0.257 e. The van der Waals surface area contributed by atoms with Gasteiger partial charge in [-0.05, 0) is 48.6 Å². The Morgan fingerprint density at radius 2 is 1.74 bits per heavy atom. The summed E-state index contributed by atoms with van der Waals surface area (Å²) in [6, 6.07) is 15.6. The lowest BCUT2D eigenvalue weighted by molar-refractivity contribution is 0.102. The van der Waals surface area contributed by atoms with E-state index in [0.717, 1.165) is 28.5 Å². The van der Waals surface area contributed by atoms with Gasteiger partial charge in [-0.2, -0.15) is 9.36 Å². The highest BCUT2D eigenvalue weighted by molar-refractivity contribution is 7.10. The Balaban J connectivity index is 1.53. The van der Waals surface area contributed by atoms with Gasteiger partial charge in [0.15, 0.2) is 11.5 Å². The highest BCUT2D eigenvalue weighted by atomic mass is 32.1. The molecule has 1 amide bonds. The molecule has 2 aromatic carbocycles. The summed E-state index contributed by atoms with van der Waals surface area (Å²) >= 11 is 1.12. The monoisotopic (exact) mass is 432 g/mol. The van der Waals surface area contributed by atoms with Crippen molar-refractivity contribution >= 4 is 22.6 Å². The molecular formula is C23H24N6OS. The van der Waals surface area contributed by atoms with Crippen LogP contribution in [0.1, 0.15) is 48.0 Å². The molecular weight excluding hydrogens is 408 g/mol. The molecule has 0 radical (unpaired) electrons. The van der Waals surface area contributed by atoms with Crippen LogP contribution < -0.4 is 5.32 Å². The molecule has 7 nitrogen and oxygen atoms in total. The Morgan fingerprint density at radius 1 is 1.03 bits per heavy atom. The molecule has 0 saturated carbocycles. The lowest BCUT2D eigenvalue weighted by atomic mass is 9.87. The molecule has 4 aromatic rings. The first kappa shape index (κ1) is 20.9. The van der Waals surface area contributed by atoms with E-state index in [9.17, 15) is 4.79 Å². The van der Waals surface area contributed by atoms with Crippen LogP contribution >= 0.6 is 11.5 Å². The molecule has 0 saturated heterocycles. The standard InChI is InChI=1S/C23H24N6OS/c1-14-8-6-7-9-18(14)29-15(2)19(26-28-29)20-24-22(31-27-20)25-21(30)16-10-12-17(13-11-16)23(3,4)5/h6-13H,1-5H3,(H,24,25,27,30). The maximum atomic E-state index is 12.6. The number of nitrogens with zero attached hydrogens (tertiary/aromatic N) is 5. The summed E-state index contributed by atoms with van der Waals surface area (Å²) < 4.78 is 6.15. The number of amides is 1. The Morgan fingerprint density at radius 3 is 2.42 bits per heavy atom. The van der Waals surface area contributed by atoms with E-state index < -0.39 is 0 Å². The van der Waals surface area contributed by atoms with Gasteiger partial charge >= 0.3 is 0 Å². The van der Waals surface area contributed by atoms with E-state index in [0.29, 0.717) is 22.2 Å². The second-order valence-electron chi connectivity index (χ2n) is 8.43. The van der Waals surface area contributed by atoms with Crippen LogP contribution in [0.2, 0.25) is 0 Å². The normalized spacial score (nSPS) is 11.5. The summed E-state index contributed by atoms with van der Waals surface area (Å²) in [6.45, 7) is 10.4. The fourth-order valence-electron chi connectivity index (χ4n) is 3.23. The van der Waals surface area contributed by atoms with Crippen molar-refractivity contribution in [2.24, 2.45) is 0 Å². The number of rotatable bonds is 4. The zero-order valence-corrected chi connectivity index (χ0v) is 19.0. The molecule has 8 heteroatoms. The zero-order chi connectivity index (χ0) is 22.2. The van der Waals surface area contributed by atoms with Gasteiger partial charge in [0.2, 0.25) is 5.13 Å². The van der Waals surface area contributed by atoms with Crippen LogP contribution in [0.3, 0.4) is 0 Å². The van der Waals surface area contributed by atoms with Gasteiger partial charge in [-0.25, -0.2) is 4.68 Å². The van der Waals surface area contributed by atoms with Gasteiger partial charge in [0.1, 0.15) is 0 Å². The van der Waals surface area contributed by atoms with Crippen molar-refractivity contribution in [1.82, 2.24) is 24.4 Å². The van der Waals surface area contributed by atoms with Crippen LogP contribution in [0.15, 0.2) is 48.5 Å². The second kappa shape index (κ2) is 8.03. The molecule has 0 bridgehead atoms. The number of para-hydroxylation sites is 1. The third-order valence-electron chi connectivity index (χ3n) is 5.11. The lowest BCUT2D eigenvalue weighted by Crippen LogP contribution is -2.14. The molecule has 2 aromatic heterocycles. The molecule has 2 heterocycles. The molecule has 1 N–H and O–H groups in total. The molecule has 0 unspecified atom stereocenters. The Labute approximate surface area is 185 Å². The minimum Gasteiger partial charge on any atom is -0.297 e. The summed E-state index contributed by atoms with van der Waals surface area (Å²) in [7, 11) is 0. The minimum atomic E-state index is -0.219. The van der Waals surface area contributed by atoms with Crippen molar-refractivity contribution < 1.29 is 4.79 Å². The number of hydrogen-bond acceptors (Lipinski definition) is 6. The molecule has 0 aliphatic rings. The first-order chi connectivity index (χ1) is 14.7. The number of carbonyl (C=O) groups is 1. The minimum absolute atomic E-state index is 0.0384.